The van der Waals surface area contributed by atoms with Crippen LogP contribution in [0.25, 0.3) is 0 Å². The van der Waals surface area contributed by atoms with Crippen molar-refractivity contribution in [2.45, 2.75) is 50.7 Å². The van der Waals surface area contributed by atoms with Gasteiger partial charge in [-0.3, -0.25) is 9.69 Å². The zero-order valence-corrected chi connectivity index (χ0v) is 11.5. The Balaban J connectivity index is 1.93. The van der Waals surface area contributed by atoms with E-state index in [1.54, 1.807) is 0 Å². The first-order chi connectivity index (χ1) is 9.13. The lowest BCUT2D eigenvalue weighted by Crippen LogP contribution is -2.44. The molecule has 3 N–H and O–H groups in total. The molecule has 0 bridgehead atoms. The number of rotatable bonds is 6. The quantitative estimate of drug-likeness (QED) is 0.692. The van der Waals surface area contributed by atoms with Crippen LogP contribution in [-0.2, 0) is 9.53 Å². The van der Waals surface area contributed by atoms with Crippen molar-refractivity contribution in [3.63, 3.8) is 0 Å². The fourth-order valence-electron chi connectivity index (χ4n) is 2.97. The van der Waals surface area contributed by atoms with Crippen molar-refractivity contribution < 1.29 is 14.3 Å². The number of urea groups is 1. The minimum atomic E-state index is -0.610. The lowest BCUT2D eigenvalue weighted by molar-refractivity contribution is -0.131. The number of carbonyl (C=O) groups excluding carboxylic acids is 2. The minimum absolute atomic E-state index is 0.0673. The van der Waals surface area contributed by atoms with Gasteiger partial charge in [0.25, 0.3) is 5.91 Å². The zero-order chi connectivity index (χ0) is 13.9. The molecule has 1 heterocycles. The maximum atomic E-state index is 12.4. The van der Waals surface area contributed by atoms with Gasteiger partial charge in [-0.2, -0.15) is 0 Å². The standard InChI is InChI=1S/C13H23N3O3/c1-2-19-10(9-14)5-8-16-11(17)13(15-12(16)18)6-3-4-7-13/h10H,2-9,14H2,1H3,(H,15,18). The van der Waals surface area contributed by atoms with Crippen LogP contribution in [0.4, 0.5) is 4.79 Å². The number of ether oxygens (including phenoxy) is 1. The van der Waals surface area contributed by atoms with Crippen LogP contribution in [0.3, 0.4) is 0 Å². The first kappa shape index (κ1) is 14.3. The Labute approximate surface area is 113 Å². The van der Waals surface area contributed by atoms with Gasteiger partial charge in [-0.05, 0) is 26.2 Å². The van der Waals surface area contributed by atoms with Gasteiger partial charge in [0.2, 0.25) is 0 Å². The second-order valence-electron chi connectivity index (χ2n) is 5.28. The molecule has 1 atom stereocenters. The van der Waals surface area contributed by atoms with Crippen molar-refractivity contribution in [2.75, 3.05) is 19.7 Å². The molecule has 19 heavy (non-hydrogen) atoms. The summed E-state index contributed by atoms with van der Waals surface area (Å²) in [6, 6.07) is -0.265. The van der Waals surface area contributed by atoms with Crippen molar-refractivity contribution in [3.8, 4) is 0 Å². The van der Waals surface area contributed by atoms with Gasteiger partial charge >= 0.3 is 6.03 Å². The van der Waals surface area contributed by atoms with Gasteiger partial charge in [-0.25, -0.2) is 4.79 Å². The SMILES string of the molecule is CCOC(CN)CCN1C(=O)NC2(CCCC2)C1=O. The van der Waals surface area contributed by atoms with Gasteiger partial charge in [0.05, 0.1) is 6.10 Å². The lowest BCUT2D eigenvalue weighted by Gasteiger charge is -2.21. The smallest absolute Gasteiger partial charge is 0.325 e. The van der Waals surface area contributed by atoms with Crippen LogP contribution in [0, 0.1) is 0 Å². The van der Waals surface area contributed by atoms with Crippen molar-refractivity contribution in [3.05, 3.63) is 0 Å². The molecule has 2 aliphatic rings. The summed E-state index contributed by atoms with van der Waals surface area (Å²) < 4.78 is 5.44. The van der Waals surface area contributed by atoms with E-state index >= 15 is 0 Å². The number of hydrogen-bond donors (Lipinski definition) is 2. The highest BCUT2D eigenvalue weighted by Crippen LogP contribution is 2.35. The molecular formula is C13H23N3O3. The molecule has 108 valence electrons. The van der Waals surface area contributed by atoms with E-state index in [0.29, 0.717) is 26.1 Å². The van der Waals surface area contributed by atoms with E-state index in [1.807, 2.05) is 6.92 Å². The zero-order valence-electron chi connectivity index (χ0n) is 11.5. The number of carbonyl (C=O) groups is 2. The summed E-state index contributed by atoms with van der Waals surface area (Å²) in [7, 11) is 0. The summed E-state index contributed by atoms with van der Waals surface area (Å²) in [5.41, 5.74) is 4.99. The highest BCUT2D eigenvalue weighted by atomic mass is 16.5. The normalized spacial score (nSPS) is 23.2. The fraction of sp³-hybridized carbons (Fsp3) is 0.846. The van der Waals surface area contributed by atoms with Crippen LogP contribution in [0.15, 0.2) is 0 Å². The monoisotopic (exact) mass is 269 g/mol. The average Bonchev–Trinajstić information content (AvgIpc) is 2.94. The third-order valence-corrected chi connectivity index (χ3v) is 4.04. The predicted octanol–water partition coefficient (Wildman–Crippen LogP) is 0.605. The molecule has 2 rings (SSSR count). The molecular weight excluding hydrogens is 246 g/mol. The predicted molar refractivity (Wildman–Crippen MR) is 70.5 cm³/mol. The lowest BCUT2D eigenvalue weighted by atomic mass is 9.98. The molecule has 3 amide bonds. The number of nitrogens with one attached hydrogen (secondary N) is 1. The molecule has 0 radical (unpaired) electrons. The van der Waals surface area contributed by atoms with Crippen molar-refractivity contribution in [1.82, 2.24) is 10.2 Å². The van der Waals surface area contributed by atoms with E-state index in [-0.39, 0.29) is 18.0 Å². The average molecular weight is 269 g/mol. The summed E-state index contributed by atoms with van der Waals surface area (Å²) in [6.45, 7) is 3.28. The van der Waals surface area contributed by atoms with E-state index in [2.05, 4.69) is 5.32 Å². The summed E-state index contributed by atoms with van der Waals surface area (Å²) in [5, 5.41) is 2.87. The number of imide groups is 1. The Morgan fingerprint density at radius 1 is 1.42 bits per heavy atom. The van der Waals surface area contributed by atoms with Crippen LogP contribution < -0.4 is 11.1 Å². The van der Waals surface area contributed by atoms with Gasteiger partial charge in [0.1, 0.15) is 5.54 Å². The van der Waals surface area contributed by atoms with E-state index < -0.39 is 5.54 Å². The molecule has 1 aliphatic heterocycles. The molecule has 1 unspecified atom stereocenters. The van der Waals surface area contributed by atoms with Gasteiger partial charge in [-0.1, -0.05) is 12.8 Å². The van der Waals surface area contributed by atoms with Crippen LogP contribution in [0.1, 0.15) is 39.0 Å². The summed E-state index contributed by atoms with van der Waals surface area (Å²) in [6.07, 6.45) is 4.04. The number of nitrogens with zero attached hydrogens (tertiary/aromatic N) is 1. The van der Waals surface area contributed by atoms with Crippen molar-refractivity contribution in [1.29, 1.82) is 0 Å². The molecule has 0 aromatic carbocycles. The summed E-state index contributed by atoms with van der Waals surface area (Å²) in [4.78, 5) is 25.6. The number of nitrogens with two attached hydrogens (primary N) is 1. The van der Waals surface area contributed by atoms with Crippen molar-refractivity contribution >= 4 is 11.9 Å². The third-order valence-electron chi connectivity index (χ3n) is 4.04. The second-order valence-corrected chi connectivity index (χ2v) is 5.28. The number of hydrogen-bond acceptors (Lipinski definition) is 4. The molecule has 6 heteroatoms. The summed E-state index contributed by atoms with van der Waals surface area (Å²) in [5.74, 6) is -0.0673. The van der Waals surface area contributed by atoms with Gasteiger partial charge in [-0.15, -0.1) is 0 Å². The maximum Gasteiger partial charge on any atom is 0.325 e. The Kier molecular flexibility index (Phi) is 4.42. The van der Waals surface area contributed by atoms with Crippen molar-refractivity contribution in [2.24, 2.45) is 5.73 Å². The molecule has 1 saturated carbocycles. The highest BCUT2D eigenvalue weighted by molar-refractivity contribution is 6.07. The first-order valence-electron chi connectivity index (χ1n) is 7.09. The first-order valence-corrected chi connectivity index (χ1v) is 7.09. The van der Waals surface area contributed by atoms with E-state index in [9.17, 15) is 9.59 Å². The Morgan fingerprint density at radius 2 is 2.11 bits per heavy atom. The van der Waals surface area contributed by atoms with Gasteiger partial charge in [0, 0.05) is 19.7 Å². The topological polar surface area (TPSA) is 84.7 Å². The highest BCUT2D eigenvalue weighted by Gasteiger charge is 2.52. The minimum Gasteiger partial charge on any atom is -0.377 e. The van der Waals surface area contributed by atoms with Crippen LogP contribution in [-0.4, -0.2) is 48.2 Å². The Bertz CT molecular complexity index is 353. The van der Waals surface area contributed by atoms with Crippen LogP contribution in [0.5, 0.6) is 0 Å². The third kappa shape index (κ3) is 2.74. The molecule has 1 saturated heterocycles. The molecule has 2 fully saturated rings. The van der Waals surface area contributed by atoms with E-state index in [0.717, 1.165) is 25.7 Å². The van der Waals surface area contributed by atoms with Crippen LogP contribution in [0.2, 0.25) is 0 Å². The molecule has 1 aliphatic carbocycles. The molecule has 6 nitrogen and oxygen atoms in total. The summed E-state index contributed by atoms with van der Waals surface area (Å²) >= 11 is 0. The van der Waals surface area contributed by atoms with Gasteiger partial charge < -0.3 is 15.8 Å². The fourth-order valence-corrected chi connectivity index (χ4v) is 2.97. The number of amides is 3. The molecule has 0 aromatic rings. The Hall–Kier alpha value is -1.14. The van der Waals surface area contributed by atoms with Crippen LogP contribution >= 0.6 is 0 Å². The second kappa shape index (κ2) is 5.88. The largest absolute Gasteiger partial charge is 0.377 e. The van der Waals surface area contributed by atoms with E-state index in [1.165, 1.54) is 4.90 Å². The Morgan fingerprint density at radius 3 is 2.68 bits per heavy atom. The van der Waals surface area contributed by atoms with E-state index in [4.69, 9.17) is 10.5 Å². The maximum absolute atomic E-state index is 12.4. The molecule has 1 spiro atoms. The van der Waals surface area contributed by atoms with Gasteiger partial charge in [0.15, 0.2) is 0 Å². The molecule has 0 aromatic heterocycles.